The average molecular weight is 192 g/mol. The van der Waals surface area contributed by atoms with Gasteiger partial charge in [0, 0.05) is 30.8 Å². The molecule has 1 unspecified atom stereocenters. The summed E-state index contributed by atoms with van der Waals surface area (Å²) >= 11 is 0. The van der Waals surface area contributed by atoms with E-state index in [1.165, 1.54) is 0 Å². The average Bonchev–Trinajstić information content (AvgIpc) is 2.71. The van der Waals surface area contributed by atoms with Gasteiger partial charge in [-0.3, -0.25) is 4.79 Å². The Bertz CT molecular complexity index is 295. The van der Waals surface area contributed by atoms with Gasteiger partial charge in [-0.15, -0.1) is 0 Å². The van der Waals surface area contributed by atoms with E-state index in [2.05, 4.69) is 4.98 Å². The third-order valence-electron chi connectivity index (χ3n) is 3.08. The van der Waals surface area contributed by atoms with Crippen LogP contribution in [0.1, 0.15) is 37.4 Å². The first-order chi connectivity index (χ1) is 6.77. The van der Waals surface area contributed by atoms with Crippen molar-refractivity contribution in [3.05, 3.63) is 24.0 Å². The van der Waals surface area contributed by atoms with Gasteiger partial charge in [0.15, 0.2) is 0 Å². The standard InChI is InChI=1S/C11H16N2O/c12-11(10-2-1-7-13-10)8-3-5-9(14)6-4-8/h1-2,7-8,11,13H,3-6,12H2. The number of carbonyl (C=O) groups is 1. The van der Waals surface area contributed by atoms with Gasteiger partial charge < -0.3 is 10.7 Å². The van der Waals surface area contributed by atoms with Crippen molar-refractivity contribution in [1.29, 1.82) is 0 Å². The summed E-state index contributed by atoms with van der Waals surface area (Å²) in [5, 5.41) is 0. The summed E-state index contributed by atoms with van der Waals surface area (Å²) in [6.45, 7) is 0. The molecule has 1 saturated carbocycles. The van der Waals surface area contributed by atoms with Crippen molar-refractivity contribution in [3.63, 3.8) is 0 Å². The molecule has 0 spiro atoms. The summed E-state index contributed by atoms with van der Waals surface area (Å²) in [7, 11) is 0. The predicted octanol–water partition coefficient (Wildman–Crippen LogP) is 1.77. The van der Waals surface area contributed by atoms with E-state index in [1.807, 2.05) is 18.3 Å². The second-order valence-corrected chi connectivity index (χ2v) is 4.03. The van der Waals surface area contributed by atoms with E-state index in [0.29, 0.717) is 24.5 Å². The normalized spacial score (nSPS) is 21.1. The Morgan fingerprint density at radius 2 is 2.14 bits per heavy atom. The van der Waals surface area contributed by atoms with Crippen molar-refractivity contribution in [2.24, 2.45) is 11.7 Å². The second-order valence-electron chi connectivity index (χ2n) is 4.03. The molecule has 3 heteroatoms. The van der Waals surface area contributed by atoms with Crippen LogP contribution in [-0.4, -0.2) is 10.8 Å². The van der Waals surface area contributed by atoms with Gasteiger partial charge >= 0.3 is 0 Å². The molecule has 1 heterocycles. The molecule has 76 valence electrons. The number of H-pyrrole nitrogens is 1. The maximum Gasteiger partial charge on any atom is 0.132 e. The molecular weight excluding hydrogens is 176 g/mol. The lowest BCUT2D eigenvalue weighted by molar-refractivity contribution is -0.121. The van der Waals surface area contributed by atoms with Gasteiger partial charge in [-0.2, -0.15) is 0 Å². The maximum atomic E-state index is 11.1. The lowest BCUT2D eigenvalue weighted by Gasteiger charge is -2.26. The molecule has 1 aromatic heterocycles. The smallest absolute Gasteiger partial charge is 0.132 e. The summed E-state index contributed by atoms with van der Waals surface area (Å²) in [5.41, 5.74) is 7.20. The third kappa shape index (κ3) is 1.87. The molecule has 0 aromatic carbocycles. The number of aromatic amines is 1. The van der Waals surface area contributed by atoms with Crippen molar-refractivity contribution in [2.45, 2.75) is 31.7 Å². The van der Waals surface area contributed by atoms with Gasteiger partial charge in [0.05, 0.1) is 0 Å². The molecule has 0 bridgehead atoms. The third-order valence-corrected chi connectivity index (χ3v) is 3.08. The molecule has 2 rings (SSSR count). The Morgan fingerprint density at radius 1 is 1.43 bits per heavy atom. The fraction of sp³-hybridized carbons (Fsp3) is 0.545. The molecule has 1 aliphatic rings. The first-order valence-electron chi connectivity index (χ1n) is 5.18. The lowest BCUT2D eigenvalue weighted by Crippen LogP contribution is -2.26. The minimum atomic E-state index is 0.0677. The number of hydrogen-bond acceptors (Lipinski definition) is 2. The number of Topliss-reactive ketones (excluding diaryl/α,β-unsaturated/α-hetero) is 1. The molecule has 14 heavy (non-hydrogen) atoms. The molecular formula is C11H16N2O. The molecule has 0 saturated heterocycles. The van der Waals surface area contributed by atoms with Crippen LogP contribution in [0.3, 0.4) is 0 Å². The summed E-state index contributed by atoms with van der Waals surface area (Å²) in [6.07, 6.45) is 5.19. The molecule has 1 atom stereocenters. The van der Waals surface area contributed by atoms with Crippen LogP contribution in [0.4, 0.5) is 0 Å². The SMILES string of the molecule is NC(c1ccc[nH]1)C1CCC(=O)CC1. The van der Waals surface area contributed by atoms with E-state index in [4.69, 9.17) is 5.73 Å². The van der Waals surface area contributed by atoms with Crippen LogP contribution in [0, 0.1) is 5.92 Å². The minimum Gasteiger partial charge on any atom is -0.364 e. The molecule has 1 aliphatic carbocycles. The van der Waals surface area contributed by atoms with Crippen LogP contribution in [0.25, 0.3) is 0 Å². The highest BCUT2D eigenvalue weighted by molar-refractivity contribution is 5.79. The lowest BCUT2D eigenvalue weighted by atomic mass is 9.82. The highest BCUT2D eigenvalue weighted by atomic mass is 16.1. The highest BCUT2D eigenvalue weighted by Crippen LogP contribution is 2.30. The summed E-state index contributed by atoms with van der Waals surface area (Å²) in [5.74, 6) is 0.853. The summed E-state index contributed by atoms with van der Waals surface area (Å²) < 4.78 is 0. The van der Waals surface area contributed by atoms with Crippen molar-refractivity contribution >= 4 is 5.78 Å². The topological polar surface area (TPSA) is 58.9 Å². The molecule has 0 amide bonds. The first kappa shape index (κ1) is 9.46. The van der Waals surface area contributed by atoms with E-state index in [-0.39, 0.29) is 6.04 Å². The maximum absolute atomic E-state index is 11.1. The Morgan fingerprint density at radius 3 is 2.71 bits per heavy atom. The number of rotatable bonds is 2. The van der Waals surface area contributed by atoms with Crippen molar-refractivity contribution < 1.29 is 4.79 Å². The Balaban J connectivity index is 1.99. The minimum absolute atomic E-state index is 0.0677. The Kier molecular flexibility index (Phi) is 2.68. The van der Waals surface area contributed by atoms with E-state index in [0.717, 1.165) is 18.5 Å². The first-order valence-corrected chi connectivity index (χ1v) is 5.18. The van der Waals surface area contributed by atoms with Crippen LogP contribution in [0.5, 0.6) is 0 Å². The number of carbonyl (C=O) groups excluding carboxylic acids is 1. The van der Waals surface area contributed by atoms with Crippen molar-refractivity contribution in [3.8, 4) is 0 Å². The van der Waals surface area contributed by atoms with Gasteiger partial charge in [-0.05, 0) is 30.9 Å². The zero-order valence-electron chi connectivity index (χ0n) is 8.20. The zero-order valence-corrected chi connectivity index (χ0v) is 8.20. The van der Waals surface area contributed by atoms with Crippen molar-refractivity contribution in [1.82, 2.24) is 4.98 Å². The monoisotopic (exact) mass is 192 g/mol. The van der Waals surface area contributed by atoms with Crippen LogP contribution >= 0.6 is 0 Å². The fourth-order valence-electron chi connectivity index (χ4n) is 2.13. The zero-order chi connectivity index (χ0) is 9.97. The van der Waals surface area contributed by atoms with Gasteiger partial charge in [0.2, 0.25) is 0 Å². The highest BCUT2D eigenvalue weighted by Gasteiger charge is 2.25. The van der Waals surface area contributed by atoms with Crippen LogP contribution in [0.15, 0.2) is 18.3 Å². The van der Waals surface area contributed by atoms with E-state index < -0.39 is 0 Å². The number of ketones is 1. The van der Waals surface area contributed by atoms with Crippen LogP contribution in [-0.2, 0) is 4.79 Å². The predicted molar refractivity (Wildman–Crippen MR) is 54.7 cm³/mol. The number of aromatic nitrogens is 1. The largest absolute Gasteiger partial charge is 0.364 e. The van der Waals surface area contributed by atoms with Gasteiger partial charge in [-0.25, -0.2) is 0 Å². The molecule has 1 aromatic rings. The number of nitrogens with two attached hydrogens (primary N) is 1. The Labute approximate surface area is 83.7 Å². The van der Waals surface area contributed by atoms with Gasteiger partial charge in [0.1, 0.15) is 5.78 Å². The fourth-order valence-corrected chi connectivity index (χ4v) is 2.13. The van der Waals surface area contributed by atoms with E-state index >= 15 is 0 Å². The van der Waals surface area contributed by atoms with Gasteiger partial charge in [0.25, 0.3) is 0 Å². The van der Waals surface area contributed by atoms with E-state index in [1.54, 1.807) is 0 Å². The van der Waals surface area contributed by atoms with Gasteiger partial charge in [-0.1, -0.05) is 0 Å². The molecule has 0 radical (unpaired) electrons. The van der Waals surface area contributed by atoms with Crippen molar-refractivity contribution in [2.75, 3.05) is 0 Å². The van der Waals surface area contributed by atoms with Crippen LogP contribution < -0.4 is 5.73 Å². The molecule has 3 nitrogen and oxygen atoms in total. The Hall–Kier alpha value is -1.09. The molecule has 3 N–H and O–H groups in total. The number of hydrogen-bond donors (Lipinski definition) is 2. The quantitative estimate of drug-likeness (QED) is 0.750. The molecule has 0 aliphatic heterocycles. The number of nitrogens with one attached hydrogen (secondary N) is 1. The second kappa shape index (κ2) is 3.96. The summed E-state index contributed by atoms with van der Waals surface area (Å²) in [4.78, 5) is 14.2. The summed E-state index contributed by atoms with van der Waals surface area (Å²) in [6, 6.07) is 4.04. The van der Waals surface area contributed by atoms with E-state index in [9.17, 15) is 4.79 Å². The molecule has 1 fully saturated rings. The van der Waals surface area contributed by atoms with Crippen LogP contribution in [0.2, 0.25) is 0 Å².